The number of aryl methyl sites for hydroxylation is 1. The molecule has 0 unspecified atom stereocenters. The monoisotopic (exact) mass is 284 g/mol. The van der Waals surface area contributed by atoms with Crippen molar-refractivity contribution in [2.24, 2.45) is 0 Å². The second kappa shape index (κ2) is 5.66. The molecule has 0 saturated heterocycles. The molecule has 0 aliphatic carbocycles. The lowest BCUT2D eigenvalue weighted by Crippen LogP contribution is -2.25. The number of halogens is 1. The molecule has 3 rings (SSSR count). The van der Waals surface area contributed by atoms with Crippen LogP contribution in [0.2, 0.25) is 0 Å². The van der Waals surface area contributed by atoms with Crippen LogP contribution in [-0.4, -0.2) is 12.5 Å². The minimum atomic E-state index is -0.327. The lowest BCUT2D eigenvalue weighted by atomic mass is 9.98. The summed E-state index contributed by atoms with van der Waals surface area (Å²) in [7, 11) is 0. The molecule has 4 heteroatoms. The summed E-state index contributed by atoms with van der Waals surface area (Å²) in [6.45, 7) is 3.48. The molecule has 2 N–H and O–H groups in total. The summed E-state index contributed by atoms with van der Waals surface area (Å²) in [6, 6.07) is 10.1. The molecule has 0 atom stereocenters. The van der Waals surface area contributed by atoms with Crippen LogP contribution >= 0.6 is 0 Å². The highest BCUT2D eigenvalue weighted by Gasteiger charge is 2.16. The van der Waals surface area contributed by atoms with Crippen molar-refractivity contribution in [2.45, 2.75) is 19.9 Å². The molecule has 1 amide bonds. The highest BCUT2D eigenvalue weighted by molar-refractivity contribution is 6.05. The van der Waals surface area contributed by atoms with E-state index < -0.39 is 0 Å². The van der Waals surface area contributed by atoms with E-state index in [1.54, 1.807) is 6.92 Å². The first-order valence-corrected chi connectivity index (χ1v) is 7.04. The number of anilines is 1. The molecular formula is C17H17FN2O. The normalized spacial score (nSPS) is 13.6. The van der Waals surface area contributed by atoms with Gasteiger partial charge in [-0.1, -0.05) is 12.1 Å². The van der Waals surface area contributed by atoms with E-state index in [2.05, 4.69) is 16.7 Å². The third-order valence-electron chi connectivity index (χ3n) is 3.82. The fourth-order valence-corrected chi connectivity index (χ4v) is 2.72. The summed E-state index contributed by atoms with van der Waals surface area (Å²) >= 11 is 0. The fraction of sp³-hybridized carbons (Fsp3) is 0.235. The Morgan fingerprint density at radius 3 is 2.95 bits per heavy atom. The fourth-order valence-electron chi connectivity index (χ4n) is 2.72. The van der Waals surface area contributed by atoms with Gasteiger partial charge in [-0.05, 0) is 60.8 Å². The number of carbonyl (C=O) groups is 1. The van der Waals surface area contributed by atoms with Crippen molar-refractivity contribution in [3.63, 3.8) is 0 Å². The summed E-state index contributed by atoms with van der Waals surface area (Å²) in [5.41, 5.74) is 4.39. The Balaban J connectivity index is 1.88. The van der Waals surface area contributed by atoms with Gasteiger partial charge in [0.25, 0.3) is 5.91 Å². The molecule has 3 nitrogen and oxygen atoms in total. The Labute approximate surface area is 123 Å². The molecule has 0 saturated carbocycles. The summed E-state index contributed by atoms with van der Waals surface area (Å²) in [4.78, 5) is 12.4. The van der Waals surface area contributed by atoms with Crippen LogP contribution in [0.15, 0.2) is 36.4 Å². The van der Waals surface area contributed by atoms with Crippen LogP contribution in [0.25, 0.3) is 0 Å². The van der Waals surface area contributed by atoms with E-state index in [0.29, 0.717) is 11.1 Å². The van der Waals surface area contributed by atoms with Crippen LogP contribution in [0.4, 0.5) is 10.1 Å². The molecule has 2 aromatic rings. The molecule has 0 fully saturated rings. The van der Waals surface area contributed by atoms with Gasteiger partial charge in [-0.25, -0.2) is 4.39 Å². The van der Waals surface area contributed by atoms with E-state index in [1.165, 1.54) is 29.3 Å². The van der Waals surface area contributed by atoms with Gasteiger partial charge < -0.3 is 10.6 Å². The van der Waals surface area contributed by atoms with Crippen LogP contribution in [0.1, 0.15) is 27.0 Å². The van der Waals surface area contributed by atoms with E-state index in [9.17, 15) is 9.18 Å². The van der Waals surface area contributed by atoms with E-state index in [4.69, 9.17) is 0 Å². The molecule has 21 heavy (non-hydrogen) atoms. The maximum atomic E-state index is 13.1. The smallest absolute Gasteiger partial charge is 0.255 e. The summed E-state index contributed by atoms with van der Waals surface area (Å²) < 4.78 is 13.1. The van der Waals surface area contributed by atoms with Crippen LogP contribution in [0.3, 0.4) is 0 Å². The summed E-state index contributed by atoms with van der Waals surface area (Å²) in [6.07, 6.45) is 0.897. The zero-order valence-corrected chi connectivity index (χ0v) is 11.9. The number of carbonyl (C=O) groups excluding carboxylic acids is 1. The Morgan fingerprint density at radius 2 is 2.14 bits per heavy atom. The van der Waals surface area contributed by atoms with Gasteiger partial charge in [0.15, 0.2) is 0 Å². The zero-order chi connectivity index (χ0) is 14.8. The minimum Gasteiger partial charge on any atom is -0.322 e. The molecule has 0 radical (unpaired) electrons. The van der Waals surface area contributed by atoms with Gasteiger partial charge >= 0.3 is 0 Å². The highest BCUT2D eigenvalue weighted by Crippen LogP contribution is 2.24. The van der Waals surface area contributed by atoms with Gasteiger partial charge in [0.1, 0.15) is 5.82 Å². The number of hydrogen-bond donors (Lipinski definition) is 2. The van der Waals surface area contributed by atoms with Gasteiger partial charge in [0.05, 0.1) is 0 Å². The van der Waals surface area contributed by atoms with E-state index in [1.807, 2.05) is 12.1 Å². The molecule has 0 spiro atoms. The zero-order valence-electron chi connectivity index (χ0n) is 11.9. The first kappa shape index (κ1) is 13.8. The summed E-state index contributed by atoms with van der Waals surface area (Å²) in [5, 5.41) is 6.27. The number of fused-ring (bicyclic) bond motifs is 1. The van der Waals surface area contributed by atoms with Crippen molar-refractivity contribution in [3.8, 4) is 0 Å². The van der Waals surface area contributed by atoms with Crippen LogP contribution < -0.4 is 10.6 Å². The number of hydrogen-bond acceptors (Lipinski definition) is 2. The predicted molar refractivity (Wildman–Crippen MR) is 80.9 cm³/mol. The van der Waals surface area contributed by atoms with Crippen molar-refractivity contribution in [1.82, 2.24) is 5.32 Å². The first-order chi connectivity index (χ1) is 10.1. The predicted octanol–water partition coefficient (Wildman–Crippen LogP) is 3.03. The molecule has 1 aliphatic heterocycles. The quantitative estimate of drug-likeness (QED) is 0.890. The third-order valence-corrected chi connectivity index (χ3v) is 3.82. The molecule has 1 heterocycles. The molecule has 0 bridgehead atoms. The van der Waals surface area contributed by atoms with Gasteiger partial charge in [0, 0.05) is 17.8 Å². The van der Waals surface area contributed by atoms with Crippen LogP contribution in [0, 0.1) is 12.7 Å². The average molecular weight is 284 g/mol. The largest absolute Gasteiger partial charge is 0.322 e. The lowest BCUT2D eigenvalue weighted by Gasteiger charge is -2.20. The molecule has 1 aliphatic rings. The van der Waals surface area contributed by atoms with Gasteiger partial charge in [-0.3, -0.25) is 4.79 Å². The second-order valence-electron chi connectivity index (χ2n) is 5.28. The average Bonchev–Trinajstić information content (AvgIpc) is 2.47. The van der Waals surface area contributed by atoms with Crippen LogP contribution in [0.5, 0.6) is 0 Å². The Kier molecular flexibility index (Phi) is 3.71. The van der Waals surface area contributed by atoms with Crippen molar-refractivity contribution < 1.29 is 9.18 Å². The molecule has 0 aromatic heterocycles. The Hall–Kier alpha value is -2.20. The van der Waals surface area contributed by atoms with E-state index in [-0.39, 0.29) is 11.7 Å². The Bertz CT molecular complexity index is 697. The van der Waals surface area contributed by atoms with Crippen molar-refractivity contribution in [1.29, 1.82) is 0 Å². The molecule has 108 valence electrons. The topological polar surface area (TPSA) is 41.1 Å². The lowest BCUT2D eigenvalue weighted by molar-refractivity contribution is 0.102. The van der Waals surface area contributed by atoms with E-state index in [0.717, 1.165) is 25.2 Å². The van der Waals surface area contributed by atoms with Gasteiger partial charge in [0.2, 0.25) is 0 Å². The second-order valence-corrected chi connectivity index (χ2v) is 5.28. The number of nitrogens with one attached hydrogen (secondary N) is 2. The standard InChI is InChI=1S/C17H17FN2O/c1-11-9-13(18)5-6-14(11)17(21)20-16-4-2-3-12-10-19-8-7-15(12)16/h2-6,9,19H,7-8,10H2,1H3,(H,20,21). The first-order valence-electron chi connectivity index (χ1n) is 7.04. The van der Waals surface area contributed by atoms with Crippen molar-refractivity contribution in [2.75, 3.05) is 11.9 Å². The number of rotatable bonds is 2. The van der Waals surface area contributed by atoms with Crippen molar-refractivity contribution >= 4 is 11.6 Å². The summed E-state index contributed by atoms with van der Waals surface area (Å²) in [5.74, 6) is -0.522. The highest BCUT2D eigenvalue weighted by atomic mass is 19.1. The molecular weight excluding hydrogens is 267 g/mol. The van der Waals surface area contributed by atoms with E-state index >= 15 is 0 Å². The maximum absolute atomic E-state index is 13.1. The van der Waals surface area contributed by atoms with Gasteiger partial charge in [-0.2, -0.15) is 0 Å². The number of benzene rings is 2. The third kappa shape index (κ3) is 2.81. The SMILES string of the molecule is Cc1cc(F)ccc1C(=O)Nc1cccc2c1CCNC2. The Morgan fingerprint density at radius 1 is 1.29 bits per heavy atom. The number of amides is 1. The van der Waals surface area contributed by atoms with Gasteiger partial charge in [-0.15, -0.1) is 0 Å². The maximum Gasteiger partial charge on any atom is 0.255 e. The molecule has 2 aromatic carbocycles. The van der Waals surface area contributed by atoms with Crippen molar-refractivity contribution in [3.05, 3.63) is 64.5 Å². The minimum absolute atomic E-state index is 0.195. The van der Waals surface area contributed by atoms with Crippen LogP contribution in [-0.2, 0) is 13.0 Å².